The van der Waals surface area contributed by atoms with Crippen molar-refractivity contribution in [2.24, 2.45) is 17.6 Å². The third-order valence-electron chi connectivity index (χ3n) is 5.04. The van der Waals surface area contributed by atoms with Crippen molar-refractivity contribution < 1.29 is 0 Å². The first kappa shape index (κ1) is 11.9. The predicted molar refractivity (Wildman–Crippen MR) is 70.9 cm³/mol. The van der Waals surface area contributed by atoms with Gasteiger partial charge in [-0.05, 0) is 50.6 Å². The Labute approximate surface area is 105 Å². The number of nitrogens with two attached hydrogens (primary N) is 1. The van der Waals surface area contributed by atoms with E-state index in [1.165, 1.54) is 58.4 Å². The Morgan fingerprint density at radius 1 is 1.12 bits per heavy atom. The van der Waals surface area contributed by atoms with Crippen LogP contribution in [0.3, 0.4) is 0 Å². The fourth-order valence-electron chi connectivity index (χ4n) is 3.56. The molecule has 3 fully saturated rings. The summed E-state index contributed by atoms with van der Waals surface area (Å²) < 4.78 is 0. The van der Waals surface area contributed by atoms with Crippen LogP contribution in [0.2, 0.25) is 0 Å². The van der Waals surface area contributed by atoms with Crippen molar-refractivity contribution in [3.63, 3.8) is 0 Å². The summed E-state index contributed by atoms with van der Waals surface area (Å²) in [6, 6.07) is 1.34. The van der Waals surface area contributed by atoms with E-state index >= 15 is 0 Å². The molecule has 1 aliphatic carbocycles. The Kier molecular flexibility index (Phi) is 3.42. The topological polar surface area (TPSA) is 32.5 Å². The lowest BCUT2D eigenvalue weighted by atomic mass is 9.82. The maximum Gasteiger partial charge on any atom is 0.0125 e. The molecular formula is C14H27N3. The summed E-state index contributed by atoms with van der Waals surface area (Å²) in [4.78, 5) is 5.34. The summed E-state index contributed by atoms with van der Waals surface area (Å²) in [5, 5.41) is 0. The van der Waals surface area contributed by atoms with Gasteiger partial charge in [-0.1, -0.05) is 6.92 Å². The molecule has 2 saturated heterocycles. The maximum atomic E-state index is 5.85. The summed E-state index contributed by atoms with van der Waals surface area (Å²) in [5.74, 6) is 1.90. The smallest absolute Gasteiger partial charge is 0.0125 e. The molecule has 3 heteroatoms. The SMILES string of the molecule is CC1CCN(CC2CN(C3CC(N)C3)C2)CC1. The quantitative estimate of drug-likeness (QED) is 0.799. The highest BCUT2D eigenvalue weighted by Crippen LogP contribution is 2.31. The minimum absolute atomic E-state index is 0.502. The van der Waals surface area contributed by atoms with Crippen LogP contribution in [0.4, 0.5) is 0 Å². The molecule has 3 rings (SSSR count). The molecule has 2 N–H and O–H groups in total. The van der Waals surface area contributed by atoms with Gasteiger partial charge in [0.1, 0.15) is 0 Å². The zero-order valence-electron chi connectivity index (χ0n) is 11.1. The molecule has 2 heterocycles. The van der Waals surface area contributed by atoms with Crippen LogP contribution in [0, 0.1) is 11.8 Å². The molecule has 98 valence electrons. The van der Waals surface area contributed by atoms with Gasteiger partial charge in [-0.15, -0.1) is 0 Å². The summed E-state index contributed by atoms with van der Waals surface area (Å²) in [6.07, 6.45) is 5.31. The molecule has 1 saturated carbocycles. The minimum Gasteiger partial charge on any atom is -0.328 e. The number of rotatable bonds is 3. The predicted octanol–water partition coefficient (Wildman–Crippen LogP) is 1.14. The van der Waals surface area contributed by atoms with Gasteiger partial charge in [0.15, 0.2) is 0 Å². The van der Waals surface area contributed by atoms with Crippen molar-refractivity contribution in [3.8, 4) is 0 Å². The zero-order chi connectivity index (χ0) is 11.8. The van der Waals surface area contributed by atoms with Crippen LogP contribution >= 0.6 is 0 Å². The van der Waals surface area contributed by atoms with Crippen molar-refractivity contribution in [3.05, 3.63) is 0 Å². The number of likely N-dealkylation sites (tertiary alicyclic amines) is 2. The maximum absolute atomic E-state index is 5.85. The molecule has 0 unspecified atom stereocenters. The summed E-state index contributed by atoms with van der Waals surface area (Å²) in [6.45, 7) is 9.09. The van der Waals surface area contributed by atoms with Crippen LogP contribution in [-0.2, 0) is 0 Å². The molecular weight excluding hydrogens is 210 g/mol. The van der Waals surface area contributed by atoms with Gasteiger partial charge in [-0.25, -0.2) is 0 Å². The second-order valence-electron chi connectivity index (χ2n) is 6.69. The van der Waals surface area contributed by atoms with Gasteiger partial charge in [0, 0.05) is 31.7 Å². The standard InChI is InChI=1S/C14H27N3/c1-11-2-4-16(5-3-11)8-12-9-17(10-12)14-6-13(15)7-14/h11-14H,2-10,15H2,1H3. The van der Waals surface area contributed by atoms with E-state index in [4.69, 9.17) is 5.73 Å². The second kappa shape index (κ2) is 4.87. The molecule has 0 atom stereocenters. The monoisotopic (exact) mass is 237 g/mol. The van der Waals surface area contributed by atoms with Gasteiger partial charge in [0.05, 0.1) is 0 Å². The van der Waals surface area contributed by atoms with E-state index in [1.54, 1.807) is 0 Å². The molecule has 0 aromatic heterocycles. The first-order chi connectivity index (χ1) is 8.20. The largest absolute Gasteiger partial charge is 0.328 e. The van der Waals surface area contributed by atoms with E-state index in [9.17, 15) is 0 Å². The van der Waals surface area contributed by atoms with E-state index in [0.717, 1.165) is 17.9 Å². The molecule has 0 spiro atoms. The van der Waals surface area contributed by atoms with Gasteiger partial charge >= 0.3 is 0 Å². The average molecular weight is 237 g/mol. The van der Waals surface area contributed by atoms with Crippen molar-refractivity contribution in [2.75, 3.05) is 32.7 Å². The van der Waals surface area contributed by atoms with Gasteiger partial charge in [0.2, 0.25) is 0 Å². The number of piperidine rings is 1. The first-order valence-electron chi connectivity index (χ1n) is 7.42. The van der Waals surface area contributed by atoms with Crippen LogP contribution in [0.1, 0.15) is 32.6 Å². The third kappa shape index (κ3) is 2.67. The number of nitrogens with zero attached hydrogens (tertiary/aromatic N) is 2. The molecule has 17 heavy (non-hydrogen) atoms. The molecule has 2 aliphatic heterocycles. The molecule has 0 bridgehead atoms. The van der Waals surface area contributed by atoms with Gasteiger partial charge in [-0.2, -0.15) is 0 Å². The first-order valence-corrected chi connectivity index (χ1v) is 7.42. The van der Waals surface area contributed by atoms with Gasteiger partial charge < -0.3 is 10.6 Å². The highest BCUT2D eigenvalue weighted by atomic mass is 15.3. The lowest BCUT2D eigenvalue weighted by Gasteiger charge is -2.51. The van der Waals surface area contributed by atoms with E-state index in [0.29, 0.717) is 6.04 Å². The Balaban J connectivity index is 1.33. The Hall–Kier alpha value is -0.120. The van der Waals surface area contributed by atoms with E-state index in [-0.39, 0.29) is 0 Å². The minimum atomic E-state index is 0.502. The van der Waals surface area contributed by atoms with Gasteiger partial charge in [0.25, 0.3) is 0 Å². The van der Waals surface area contributed by atoms with E-state index in [1.807, 2.05) is 0 Å². The Bertz CT molecular complexity index is 248. The Morgan fingerprint density at radius 3 is 2.35 bits per heavy atom. The van der Waals surface area contributed by atoms with Crippen molar-refractivity contribution in [2.45, 2.75) is 44.7 Å². The van der Waals surface area contributed by atoms with Crippen LogP contribution in [-0.4, -0.2) is 54.6 Å². The highest BCUT2D eigenvalue weighted by molar-refractivity contribution is 4.95. The van der Waals surface area contributed by atoms with Crippen molar-refractivity contribution in [1.29, 1.82) is 0 Å². The molecule has 3 nitrogen and oxygen atoms in total. The third-order valence-corrected chi connectivity index (χ3v) is 5.04. The average Bonchev–Trinajstić information content (AvgIpc) is 2.22. The van der Waals surface area contributed by atoms with E-state index < -0.39 is 0 Å². The van der Waals surface area contributed by atoms with Crippen molar-refractivity contribution >= 4 is 0 Å². The van der Waals surface area contributed by atoms with Crippen LogP contribution in [0.5, 0.6) is 0 Å². The summed E-state index contributed by atoms with van der Waals surface area (Å²) >= 11 is 0. The number of hydrogen-bond acceptors (Lipinski definition) is 3. The molecule has 0 radical (unpaired) electrons. The van der Waals surface area contributed by atoms with Gasteiger partial charge in [-0.3, -0.25) is 4.90 Å². The van der Waals surface area contributed by atoms with Crippen LogP contribution < -0.4 is 5.73 Å². The lowest BCUT2D eigenvalue weighted by molar-refractivity contribution is -0.00889. The summed E-state index contributed by atoms with van der Waals surface area (Å²) in [7, 11) is 0. The molecule has 0 amide bonds. The lowest BCUT2D eigenvalue weighted by Crippen LogP contribution is -2.61. The van der Waals surface area contributed by atoms with E-state index in [2.05, 4.69) is 16.7 Å². The molecule has 3 aliphatic rings. The fourth-order valence-corrected chi connectivity index (χ4v) is 3.56. The number of hydrogen-bond donors (Lipinski definition) is 1. The summed E-state index contributed by atoms with van der Waals surface area (Å²) in [5.41, 5.74) is 5.85. The fraction of sp³-hybridized carbons (Fsp3) is 1.00. The highest BCUT2D eigenvalue weighted by Gasteiger charge is 2.38. The molecule has 0 aromatic rings. The molecule has 0 aromatic carbocycles. The van der Waals surface area contributed by atoms with Crippen LogP contribution in [0.25, 0.3) is 0 Å². The normalized spacial score (nSPS) is 37.8. The second-order valence-corrected chi connectivity index (χ2v) is 6.69. The zero-order valence-corrected chi connectivity index (χ0v) is 11.1. The van der Waals surface area contributed by atoms with Crippen molar-refractivity contribution in [1.82, 2.24) is 9.80 Å². The Morgan fingerprint density at radius 2 is 1.76 bits per heavy atom. The van der Waals surface area contributed by atoms with Crippen LogP contribution in [0.15, 0.2) is 0 Å².